The standard InChI is InChI=1S/C13H24N4O/c1-5-10(6-2)8-15-12-7-11(14-3)16-13(17-12)9-18-4/h7,10H,5-6,8-9H2,1-4H3,(H2,14,15,16,17). The summed E-state index contributed by atoms with van der Waals surface area (Å²) < 4.78 is 5.07. The minimum atomic E-state index is 0.426. The van der Waals surface area contributed by atoms with Crippen molar-refractivity contribution in [1.29, 1.82) is 0 Å². The van der Waals surface area contributed by atoms with Crippen LogP contribution in [0.15, 0.2) is 6.07 Å². The van der Waals surface area contributed by atoms with Gasteiger partial charge in [0.25, 0.3) is 0 Å². The molecule has 0 saturated carbocycles. The second-order valence-corrected chi connectivity index (χ2v) is 4.30. The Hall–Kier alpha value is -1.36. The minimum absolute atomic E-state index is 0.426. The fraction of sp³-hybridized carbons (Fsp3) is 0.692. The lowest BCUT2D eigenvalue weighted by Crippen LogP contribution is -2.15. The van der Waals surface area contributed by atoms with Crippen molar-refractivity contribution in [3.05, 3.63) is 11.9 Å². The molecule has 0 aliphatic heterocycles. The zero-order valence-corrected chi connectivity index (χ0v) is 11.8. The molecular weight excluding hydrogens is 228 g/mol. The van der Waals surface area contributed by atoms with Crippen LogP contribution < -0.4 is 10.6 Å². The van der Waals surface area contributed by atoms with Crippen molar-refractivity contribution < 1.29 is 4.74 Å². The van der Waals surface area contributed by atoms with Gasteiger partial charge in [0.15, 0.2) is 5.82 Å². The van der Waals surface area contributed by atoms with Crippen LogP contribution in [0.3, 0.4) is 0 Å². The summed E-state index contributed by atoms with van der Waals surface area (Å²) in [7, 11) is 3.50. The summed E-state index contributed by atoms with van der Waals surface area (Å²) in [6, 6.07) is 1.92. The normalized spacial score (nSPS) is 10.7. The van der Waals surface area contributed by atoms with Crippen LogP contribution in [0.25, 0.3) is 0 Å². The molecule has 0 fully saturated rings. The van der Waals surface area contributed by atoms with Gasteiger partial charge in [-0.25, -0.2) is 9.97 Å². The Morgan fingerprint density at radius 3 is 2.44 bits per heavy atom. The molecule has 0 aromatic carbocycles. The lowest BCUT2D eigenvalue weighted by Gasteiger charge is -2.14. The molecule has 0 aliphatic rings. The number of hydrogen-bond acceptors (Lipinski definition) is 5. The van der Waals surface area contributed by atoms with Gasteiger partial charge in [0, 0.05) is 26.8 Å². The van der Waals surface area contributed by atoms with Gasteiger partial charge >= 0.3 is 0 Å². The topological polar surface area (TPSA) is 59.1 Å². The predicted molar refractivity (Wildman–Crippen MR) is 74.9 cm³/mol. The molecule has 102 valence electrons. The van der Waals surface area contributed by atoms with E-state index in [2.05, 4.69) is 34.4 Å². The highest BCUT2D eigenvalue weighted by Crippen LogP contribution is 2.14. The van der Waals surface area contributed by atoms with Crippen molar-refractivity contribution in [3.8, 4) is 0 Å². The molecule has 0 spiro atoms. The first-order valence-corrected chi connectivity index (χ1v) is 6.51. The molecule has 1 aromatic rings. The highest BCUT2D eigenvalue weighted by molar-refractivity contribution is 5.47. The number of ether oxygens (including phenoxy) is 1. The number of hydrogen-bond donors (Lipinski definition) is 2. The van der Waals surface area contributed by atoms with E-state index in [0.717, 1.165) is 18.2 Å². The molecule has 1 aromatic heterocycles. The average molecular weight is 252 g/mol. The summed E-state index contributed by atoms with van der Waals surface area (Å²) in [5.74, 6) is 3.04. The quantitative estimate of drug-likeness (QED) is 0.744. The molecule has 0 unspecified atom stereocenters. The molecule has 5 heteroatoms. The summed E-state index contributed by atoms with van der Waals surface area (Å²) in [5, 5.41) is 6.41. The Bertz CT molecular complexity index is 353. The first kappa shape index (κ1) is 14.7. The Morgan fingerprint density at radius 2 is 1.89 bits per heavy atom. The van der Waals surface area contributed by atoms with Crippen LogP contribution in [0, 0.1) is 5.92 Å². The lowest BCUT2D eigenvalue weighted by molar-refractivity contribution is 0.178. The Balaban J connectivity index is 2.71. The highest BCUT2D eigenvalue weighted by atomic mass is 16.5. The van der Waals surface area contributed by atoms with Crippen LogP contribution in [-0.2, 0) is 11.3 Å². The maximum atomic E-state index is 5.07. The van der Waals surface area contributed by atoms with E-state index >= 15 is 0 Å². The molecule has 1 rings (SSSR count). The predicted octanol–water partition coefficient (Wildman–Crippen LogP) is 2.51. The number of anilines is 2. The SMILES string of the molecule is CCC(CC)CNc1cc(NC)nc(COC)n1. The van der Waals surface area contributed by atoms with Gasteiger partial charge in [-0.1, -0.05) is 26.7 Å². The van der Waals surface area contributed by atoms with E-state index in [1.54, 1.807) is 7.11 Å². The van der Waals surface area contributed by atoms with Crippen LogP contribution in [-0.4, -0.2) is 30.7 Å². The second kappa shape index (κ2) is 7.87. The van der Waals surface area contributed by atoms with E-state index in [4.69, 9.17) is 4.74 Å². The smallest absolute Gasteiger partial charge is 0.158 e. The van der Waals surface area contributed by atoms with Crippen molar-refractivity contribution in [1.82, 2.24) is 9.97 Å². The first-order valence-electron chi connectivity index (χ1n) is 6.51. The van der Waals surface area contributed by atoms with Crippen molar-refractivity contribution >= 4 is 11.6 Å². The summed E-state index contributed by atoms with van der Waals surface area (Å²) >= 11 is 0. The highest BCUT2D eigenvalue weighted by Gasteiger charge is 2.06. The second-order valence-electron chi connectivity index (χ2n) is 4.30. The fourth-order valence-corrected chi connectivity index (χ4v) is 1.74. The average Bonchev–Trinajstić information content (AvgIpc) is 2.40. The number of rotatable bonds is 8. The molecule has 5 nitrogen and oxygen atoms in total. The third-order valence-corrected chi connectivity index (χ3v) is 3.03. The molecule has 0 bridgehead atoms. The summed E-state index contributed by atoms with van der Waals surface area (Å²) in [6.45, 7) is 5.80. The summed E-state index contributed by atoms with van der Waals surface area (Å²) in [6.07, 6.45) is 2.36. The summed E-state index contributed by atoms with van der Waals surface area (Å²) in [5.41, 5.74) is 0. The number of methoxy groups -OCH3 is 1. The number of nitrogens with zero attached hydrogens (tertiary/aromatic N) is 2. The maximum absolute atomic E-state index is 5.07. The van der Waals surface area contributed by atoms with E-state index in [0.29, 0.717) is 18.3 Å². The first-order chi connectivity index (χ1) is 8.73. The molecule has 2 N–H and O–H groups in total. The molecule has 18 heavy (non-hydrogen) atoms. The molecule has 0 atom stereocenters. The van der Waals surface area contributed by atoms with Gasteiger partial charge in [0.1, 0.15) is 18.2 Å². The Kier molecular flexibility index (Phi) is 6.43. The van der Waals surface area contributed by atoms with Crippen molar-refractivity contribution in [2.24, 2.45) is 5.92 Å². The number of nitrogens with one attached hydrogen (secondary N) is 2. The van der Waals surface area contributed by atoms with Gasteiger partial charge in [0.2, 0.25) is 0 Å². The lowest BCUT2D eigenvalue weighted by atomic mass is 10.0. The fourth-order valence-electron chi connectivity index (χ4n) is 1.74. The van der Waals surface area contributed by atoms with Gasteiger partial charge in [-0.2, -0.15) is 0 Å². The van der Waals surface area contributed by atoms with Gasteiger partial charge in [-0.15, -0.1) is 0 Å². The molecule has 0 saturated heterocycles. The Labute approximate surface area is 109 Å². The van der Waals surface area contributed by atoms with Gasteiger partial charge in [0.05, 0.1) is 0 Å². The number of aromatic nitrogens is 2. The van der Waals surface area contributed by atoms with Crippen molar-refractivity contribution in [3.63, 3.8) is 0 Å². The Morgan fingerprint density at radius 1 is 1.22 bits per heavy atom. The molecule has 1 heterocycles. The van der Waals surface area contributed by atoms with Gasteiger partial charge < -0.3 is 15.4 Å². The van der Waals surface area contributed by atoms with Crippen LogP contribution in [0.4, 0.5) is 11.6 Å². The maximum Gasteiger partial charge on any atom is 0.158 e. The zero-order valence-electron chi connectivity index (χ0n) is 11.8. The summed E-state index contributed by atoms with van der Waals surface area (Å²) in [4.78, 5) is 8.75. The molecule has 0 aliphatic carbocycles. The van der Waals surface area contributed by atoms with Gasteiger partial charge in [-0.3, -0.25) is 0 Å². The zero-order chi connectivity index (χ0) is 13.4. The van der Waals surface area contributed by atoms with Gasteiger partial charge in [-0.05, 0) is 5.92 Å². The van der Waals surface area contributed by atoms with Crippen LogP contribution in [0.2, 0.25) is 0 Å². The van der Waals surface area contributed by atoms with Crippen LogP contribution in [0.1, 0.15) is 32.5 Å². The largest absolute Gasteiger partial charge is 0.377 e. The van der Waals surface area contributed by atoms with Crippen molar-refractivity contribution in [2.45, 2.75) is 33.3 Å². The monoisotopic (exact) mass is 252 g/mol. The third-order valence-electron chi connectivity index (χ3n) is 3.03. The van der Waals surface area contributed by atoms with E-state index in [-0.39, 0.29) is 0 Å². The third kappa shape index (κ3) is 4.49. The molecule has 0 amide bonds. The van der Waals surface area contributed by atoms with E-state index < -0.39 is 0 Å². The molecular formula is C13H24N4O. The van der Waals surface area contributed by atoms with E-state index in [9.17, 15) is 0 Å². The van der Waals surface area contributed by atoms with Crippen LogP contribution in [0.5, 0.6) is 0 Å². The van der Waals surface area contributed by atoms with Crippen LogP contribution >= 0.6 is 0 Å². The molecule has 0 radical (unpaired) electrons. The van der Waals surface area contributed by atoms with Crippen molar-refractivity contribution in [2.75, 3.05) is 31.3 Å². The van der Waals surface area contributed by atoms with E-state index in [1.165, 1.54) is 12.8 Å². The minimum Gasteiger partial charge on any atom is -0.377 e. The van der Waals surface area contributed by atoms with E-state index in [1.807, 2.05) is 13.1 Å².